The minimum Gasteiger partial charge on any atom is -0.322 e. The highest BCUT2D eigenvalue weighted by atomic mass is 32.2. The lowest BCUT2D eigenvalue weighted by Gasteiger charge is -2.22. The normalized spacial score (nSPS) is 13.6. The molecule has 2 N–H and O–H groups in total. The van der Waals surface area contributed by atoms with Gasteiger partial charge in [0.2, 0.25) is 10.0 Å². The molecule has 1 unspecified atom stereocenters. The molecule has 0 saturated heterocycles. The zero-order valence-corrected chi connectivity index (χ0v) is 16.7. The number of nitrogens with zero attached hydrogens (tertiary/aromatic N) is 1. The predicted octanol–water partition coefficient (Wildman–Crippen LogP) is 3.32. The van der Waals surface area contributed by atoms with Crippen LogP contribution in [0.25, 0.3) is 0 Å². The molecule has 0 aliphatic heterocycles. The molecule has 148 valence electrons. The van der Waals surface area contributed by atoms with Gasteiger partial charge in [0.05, 0.1) is 16.9 Å². The average molecular weight is 403 g/mol. The maximum atomic E-state index is 14.9. The maximum Gasteiger partial charge on any atom is 0.255 e. The number of carbonyl (C=O) groups is 1. The summed E-state index contributed by atoms with van der Waals surface area (Å²) in [7, 11) is -3.57. The van der Waals surface area contributed by atoms with Crippen molar-refractivity contribution in [2.45, 2.75) is 31.7 Å². The molecule has 8 heteroatoms. The Morgan fingerprint density at radius 1 is 1.14 bits per heavy atom. The van der Waals surface area contributed by atoms with E-state index >= 15 is 0 Å². The fourth-order valence-electron chi connectivity index (χ4n) is 2.31. The Kier molecular flexibility index (Phi) is 6.54. The van der Waals surface area contributed by atoms with Crippen LogP contribution in [0.1, 0.15) is 42.3 Å². The fourth-order valence-corrected chi connectivity index (χ4v) is 3.11. The number of halogens is 1. The number of hydrogen-bond donors (Lipinski definition) is 2. The van der Waals surface area contributed by atoms with Crippen molar-refractivity contribution in [2.75, 3.05) is 11.9 Å². The van der Waals surface area contributed by atoms with E-state index in [1.165, 1.54) is 32.9 Å². The van der Waals surface area contributed by atoms with Gasteiger partial charge < -0.3 is 5.32 Å². The molecule has 1 atom stereocenters. The Bertz CT molecular complexity index is 977. The number of amides is 1. The second kappa shape index (κ2) is 8.50. The van der Waals surface area contributed by atoms with Crippen molar-refractivity contribution in [1.29, 1.82) is 5.26 Å². The number of benzene rings is 2. The summed E-state index contributed by atoms with van der Waals surface area (Å²) >= 11 is 0. The van der Waals surface area contributed by atoms with E-state index in [1.807, 2.05) is 6.07 Å². The van der Waals surface area contributed by atoms with Gasteiger partial charge in [-0.15, -0.1) is 0 Å². The van der Waals surface area contributed by atoms with Gasteiger partial charge in [-0.3, -0.25) is 4.79 Å². The standard InChI is InChI=1S/C20H22FN3O3S/c1-14(2)28(26,27)23-13-20(3,21)17-8-10-18(11-9-17)24-19(25)16-6-4-15(12-22)5-7-16/h4-11,14,23H,13H2,1-3H3,(H,24,25). The van der Waals surface area contributed by atoms with Crippen molar-refractivity contribution in [1.82, 2.24) is 4.72 Å². The van der Waals surface area contributed by atoms with Crippen molar-refractivity contribution < 1.29 is 17.6 Å². The molecule has 2 aromatic rings. The topological polar surface area (TPSA) is 99.1 Å². The third-order valence-electron chi connectivity index (χ3n) is 4.25. The number of nitriles is 1. The summed E-state index contributed by atoms with van der Waals surface area (Å²) in [5.41, 5.74) is -0.304. The molecule has 1 amide bonds. The molecule has 0 heterocycles. The molecule has 0 bridgehead atoms. The summed E-state index contributed by atoms with van der Waals surface area (Å²) < 4.78 is 40.8. The monoisotopic (exact) mass is 403 g/mol. The Labute approximate surface area is 164 Å². The van der Waals surface area contributed by atoms with Gasteiger partial charge in [0.15, 0.2) is 0 Å². The average Bonchev–Trinajstić information content (AvgIpc) is 2.67. The highest BCUT2D eigenvalue weighted by Gasteiger charge is 2.29. The fraction of sp³-hybridized carbons (Fsp3) is 0.300. The summed E-state index contributed by atoms with van der Waals surface area (Å²) in [5.74, 6) is -0.357. The van der Waals surface area contributed by atoms with Crippen LogP contribution in [0.5, 0.6) is 0 Å². The van der Waals surface area contributed by atoms with Gasteiger partial charge in [-0.1, -0.05) is 12.1 Å². The van der Waals surface area contributed by atoms with Gasteiger partial charge in [0.1, 0.15) is 5.67 Å². The number of carbonyl (C=O) groups excluding carboxylic acids is 1. The van der Waals surface area contributed by atoms with Crippen LogP contribution in [-0.4, -0.2) is 26.1 Å². The van der Waals surface area contributed by atoms with E-state index in [2.05, 4.69) is 10.0 Å². The highest BCUT2D eigenvalue weighted by Crippen LogP contribution is 2.26. The van der Waals surface area contributed by atoms with Crippen LogP contribution < -0.4 is 10.0 Å². The predicted molar refractivity (Wildman–Crippen MR) is 106 cm³/mol. The Morgan fingerprint density at radius 2 is 1.71 bits per heavy atom. The third-order valence-corrected chi connectivity index (χ3v) is 6.03. The highest BCUT2D eigenvalue weighted by molar-refractivity contribution is 7.90. The molecule has 0 radical (unpaired) electrons. The van der Waals surface area contributed by atoms with Crippen molar-refractivity contribution >= 4 is 21.6 Å². The second-order valence-corrected chi connectivity index (χ2v) is 9.15. The molecule has 28 heavy (non-hydrogen) atoms. The van der Waals surface area contributed by atoms with Gasteiger partial charge in [-0.2, -0.15) is 5.26 Å². The van der Waals surface area contributed by atoms with E-state index in [9.17, 15) is 17.6 Å². The zero-order chi connectivity index (χ0) is 20.9. The smallest absolute Gasteiger partial charge is 0.255 e. The Morgan fingerprint density at radius 3 is 2.21 bits per heavy atom. The number of rotatable bonds is 7. The summed E-state index contributed by atoms with van der Waals surface area (Å²) in [6.45, 7) is 3.94. The van der Waals surface area contributed by atoms with Crippen molar-refractivity contribution in [3.8, 4) is 6.07 Å². The van der Waals surface area contributed by atoms with Crippen LogP contribution >= 0.6 is 0 Å². The van der Waals surface area contributed by atoms with Gasteiger partial charge in [-0.05, 0) is 62.7 Å². The number of anilines is 1. The van der Waals surface area contributed by atoms with Crippen molar-refractivity contribution in [3.63, 3.8) is 0 Å². The first-order valence-electron chi connectivity index (χ1n) is 8.64. The second-order valence-electron chi connectivity index (χ2n) is 6.83. The minimum absolute atomic E-state index is 0.287. The molecular formula is C20H22FN3O3S. The summed E-state index contributed by atoms with van der Waals surface area (Å²) in [6.07, 6.45) is 0. The summed E-state index contributed by atoms with van der Waals surface area (Å²) in [4.78, 5) is 12.2. The van der Waals surface area contributed by atoms with Crippen LogP contribution in [0.15, 0.2) is 48.5 Å². The molecule has 2 aromatic carbocycles. The van der Waals surface area contributed by atoms with Gasteiger partial charge in [-0.25, -0.2) is 17.5 Å². The molecule has 2 rings (SSSR count). The molecule has 0 aromatic heterocycles. The van der Waals surface area contributed by atoms with E-state index in [0.29, 0.717) is 16.8 Å². The quantitative estimate of drug-likeness (QED) is 0.741. The molecule has 0 aliphatic rings. The molecule has 0 saturated carbocycles. The van der Waals surface area contributed by atoms with Gasteiger partial charge in [0, 0.05) is 17.8 Å². The van der Waals surface area contributed by atoms with E-state index in [-0.39, 0.29) is 18.0 Å². The van der Waals surface area contributed by atoms with E-state index in [4.69, 9.17) is 5.26 Å². The lowest BCUT2D eigenvalue weighted by molar-refractivity contribution is 0.102. The van der Waals surface area contributed by atoms with Crippen LogP contribution in [0.2, 0.25) is 0 Å². The first kappa shape index (κ1) is 21.5. The molecule has 0 aliphatic carbocycles. The van der Waals surface area contributed by atoms with E-state index in [1.54, 1.807) is 36.4 Å². The number of nitrogens with one attached hydrogen (secondary N) is 2. The summed E-state index contributed by atoms with van der Waals surface area (Å²) in [6, 6.07) is 14.2. The van der Waals surface area contributed by atoms with Gasteiger partial charge in [0.25, 0.3) is 5.91 Å². The Balaban J connectivity index is 2.05. The number of hydrogen-bond acceptors (Lipinski definition) is 4. The zero-order valence-electron chi connectivity index (χ0n) is 15.9. The molecule has 0 spiro atoms. The molecule has 6 nitrogen and oxygen atoms in total. The lowest BCUT2D eigenvalue weighted by Crippen LogP contribution is -2.39. The first-order chi connectivity index (χ1) is 13.0. The van der Waals surface area contributed by atoms with E-state index < -0.39 is 20.9 Å². The summed E-state index contributed by atoms with van der Waals surface area (Å²) in [5, 5.41) is 10.8. The van der Waals surface area contributed by atoms with Crippen molar-refractivity contribution in [2.24, 2.45) is 0 Å². The maximum absolute atomic E-state index is 14.9. The van der Waals surface area contributed by atoms with Crippen LogP contribution in [0.4, 0.5) is 10.1 Å². The Hall–Kier alpha value is -2.76. The van der Waals surface area contributed by atoms with Crippen molar-refractivity contribution in [3.05, 3.63) is 65.2 Å². The van der Waals surface area contributed by atoms with Crippen LogP contribution in [0, 0.1) is 11.3 Å². The molecule has 0 fully saturated rings. The molecular weight excluding hydrogens is 381 g/mol. The number of alkyl halides is 1. The van der Waals surface area contributed by atoms with E-state index in [0.717, 1.165) is 0 Å². The number of sulfonamides is 1. The SMILES string of the molecule is CC(C)S(=O)(=O)NCC(C)(F)c1ccc(NC(=O)c2ccc(C#N)cc2)cc1. The lowest BCUT2D eigenvalue weighted by atomic mass is 9.98. The van der Waals surface area contributed by atoms with Gasteiger partial charge >= 0.3 is 0 Å². The van der Waals surface area contributed by atoms with Crippen LogP contribution in [0.3, 0.4) is 0 Å². The first-order valence-corrected chi connectivity index (χ1v) is 10.2. The third kappa shape index (κ3) is 5.38. The minimum atomic E-state index is -3.57. The largest absolute Gasteiger partial charge is 0.322 e. The van der Waals surface area contributed by atoms with Crippen LogP contribution in [-0.2, 0) is 15.7 Å².